The van der Waals surface area contributed by atoms with Crippen molar-refractivity contribution in [3.8, 4) is 0 Å². The van der Waals surface area contributed by atoms with Crippen LogP contribution in [0.2, 0.25) is 0 Å². The van der Waals surface area contributed by atoms with Gasteiger partial charge in [-0.1, -0.05) is 12.1 Å². The number of pyridine rings is 1. The first-order valence-corrected chi connectivity index (χ1v) is 6.03. The molecule has 2 heterocycles. The highest BCUT2D eigenvalue weighted by Crippen LogP contribution is 2.15. The summed E-state index contributed by atoms with van der Waals surface area (Å²) in [6, 6.07) is 11.2. The first-order valence-electron chi connectivity index (χ1n) is 6.03. The standard InChI is InChI=1S/C15H13N3O/c1-10-2-5-14(17-9-10)18-15(19)12-4-3-11-6-7-16-13(11)8-12/h2-9,16H,1H3,(H,17,18,19). The second-order valence-electron chi connectivity index (χ2n) is 4.45. The van der Waals surface area contributed by atoms with Gasteiger partial charge >= 0.3 is 0 Å². The normalized spacial score (nSPS) is 10.6. The van der Waals surface area contributed by atoms with Gasteiger partial charge in [0.05, 0.1) is 0 Å². The van der Waals surface area contributed by atoms with E-state index in [2.05, 4.69) is 15.3 Å². The van der Waals surface area contributed by atoms with E-state index in [0.717, 1.165) is 16.5 Å². The van der Waals surface area contributed by atoms with E-state index in [1.807, 2.05) is 37.4 Å². The van der Waals surface area contributed by atoms with Gasteiger partial charge in [0.1, 0.15) is 5.82 Å². The zero-order valence-electron chi connectivity index (χ0n) is 10.5. The number of rotatable bonds is 2. The molecule has 0 atom stereocenters. The summed E-state index contributed by atoms with van der Waals surface area (Å²) in [5, 5.41) is 3.87. The van der Waals surface area contributed by atoms with Crippen LogP contribution in [0.15, 0.2) is 48.8 Å². The summed E-state index contributed by atoms with van der Waals surface area (Å²) in [6.45, 7) is 1.96. The number of amides is 1. The Morgan fingerprint density at radius 2 is 2.11 bits per heavy atom. The fourth-order valence-corrected chi connectivity index (χ4v) is 1.92. The zero-order valence-corrected chi connectivity index (χ0v) is 10.5. The second-order valence-corrected chi connectivity index (χ2v) is 4.45. The van der Waals surface area contributed by atoms with Crippen molar-refractivity contribution in [1.82, 2.24) is 9.97 Å². The topological polar surface area (TPSA) is 57.8 Å². The predicted octanol–water partition coefficient (Wildman–Crippen LogP) is 3.12. The zero-order chi connectivity index (χ0) is 13.2. The molecule has 0 radical (unpaired) electrons. The molecular formula is C15H13N3O. The summed E-state index contributed by atoms with van der Waals surface area (Å²) < 4.78 is 0. The first-order chi connectivity index (χ1) is 9.22. The molecule has 2 N–H and O–H groups in total. The van der Waals surface area contributed by atoms with Crippen LogP contribution in [0.5, 0.6) is 0 Å². The summed E-state index contributed by atoms with van der Waals surface area (Å²) in [6.07, 6.45) is 3.58. The van der Waals surface area contributed by atoms with Gasteiger partial charge in [0, 0.05) is 23.5 Å². The van der Waals surface area contributed by atoms with E-state index in [1.165, 1.54) is 0 Å². The molecule has 0 aliphatic rings. The Hall–Kier alpha value is -2.62. The van der Waals surface area contributed by atoms with Crippen LogP contribution in [0.1, 0.15) is 15.9 Å². The Labute approximate surface area is 110 Å². The molecule has 3 aromatic rings. The molecule has 0 fully saturated rings. The second kappa shape index (κ2) is 4.57. The fourth-order valence-electron chi connectivity index (χ4n) is 1.92. The number of aryl methyl sites for hydroxylation is 1. The minimum atomic E-state index is -0.159. The Morgan fingerprint density at radius 1 is 1.21 bits per heavy atom. The number of hydrogen-bond donors (Lipinski definition) is 2. The average Bonchev–Trinajstić information content (AvgIpc) is 2.88. The van der Waals surface area contributed by atoms with Crippen molar-refractivity contribution in [1.29, 1.82) is 0 Å². The number of aromatic nitrogens is 2. The largest absolute Gasteiger partial charge is 0.361 e. The van der Waals surface area contributed by atoms with Crippen LogP contribution in [0.25, 0.3) is 10.9 Å². The maximum absolute atomic E-state index is 12.1. The van der Waals surface area contributed by atoms with Crippen LogP contribution in [-0.2, 0) is 0 Å². The molecular weight excluding hydrogens is 238 g/mol. The Balaban J connectivity index is 1.84. The van der Waals surface area contributed by atoms with Crippen LogP contribution in [0.3, 0.4) is 0 Å². The highest BCUT2D eigenvalue weighted by atomic mass is 16.1. The lowest BCUT2D eigenvalue weighted by atomic mass is 10.1. The molecule has 0 saturated carbocycles. The van der Waals surface area contributed by atoms with Gasteiger partial charge in [-0.15, -0.1) is 0 Å². The number of fused-ring (bicyclic) bond motifs is 1. The third-order valence-electron chi connectivity index (χ3n) is 2.97. The van der Waals surface area contributed by atoms with Gasteiger partial charge < -0.3 is 10.3 Å². The Morgan fingerprint density at radius 3 is 2.89 bits per heavy atom. The molecule has 0 saturated heterocycles. The number of anilines is 1. The van der Waals surface area contributed by atoms with Crippen molar-refractivity contribution in [2.75, 3.05) is 5.32 Å². The van der Waals surface area contributed by atoms with Gasteiger partial charge in [0.25, 0.3) is 5.91 Å². The highest BCUT2D eigenvalue weighted by Gasteiger charge is 2.07. The van der Waals surface area contributed by atoms with Crippen molar-refractivity contribution in [3.63, 3.8) is 0 Å². The quantitative estimate of drug-likeness (QED) is 0.735. The third-order valence-corrected chi connectivity index (χ3v) is 2.97. The Kier molecular flexibility index (Phi) is 2.76. The molecule has 2 aromatic heterocycles. The lowest BCUT2D eigenvalue weighted by molar-refractivity contribution is 0.102. The third kappa shape index (κ3) is 2.33. The number of hydrogen-bond acceptors (Lipinski definition) is 2. The number of nitrogens with zero attached hydrogens (tertiary/aromatic N) is 1. The smallest absolute Gasteiger partial charge is 0.256 e. The summed E-state index contributed by atoms with van der Waals surface area (Å²) in [5.41, 5.74) is 2.62. The van der Waals surface area contributed by atoms with Gasteiger partial charge in [-0.25, -0.2) is 4.98 Å². The van der Waals surface area contributed by atoms with Crippen molar-refractivity contribution in [3.05, 3.63) is 59.9 Å². The first kappa shape index (κ1) is 11.5. The van der Waals surface area contributed by atoms with E-state index in [0.29, 0.717) is 11.4 Å². The summed E-state index contributed by atoms with van der Waals surface area (Å²) in [7, 11) is 0. The van der Waals surface area contributed by atoms with E-state index in [-0.39, 0.29) is 5.91 Å². The maximum Gasteiger partial charge on any atom is 0.256 e. The molecule has 1 aromatic carbocycles. The van der Waals surface area contributed by atoms with Gasteiger partial charge in [-0.2, -0.15) is 0 Å². The van der Waals surface area contributed by atoms with Crippen LogP contribution in [-0.4, -0.2) is 15.9 Å². The van der Waals surface area contributed by atoms with Crippen LogP contribution >= 0.6 is 0 Å². The molecule has 0 aliphatic heterocycles. The summed E-state index contributed by atoms with van der Waals surface area (Å²) in [4.78, 5) is 19.3. The Bertz CT molecular complexity index is 728. The lowest BCUT2D eigenvalue weighted by Crippen LogP contribution is -2.12. The molecule has 4 nitrogen and oxygen atoms in total. The van der Waals surface area contributed by atoms with Crippen molar-refractivity contribution < 1.29 is 4.79 Å². The maximum atomic E-state index is 12.1. The molecule has 94 valence electrons. The number of carbonyl (C=O) groups is 1. The average molecular weight is 251 g/mol. The number of aromatic amines is 1. The van der Waals surface area contributed by atoms with Crippen LogP contribution < -0.4 is 5.32 Å². The van der Waals surface area contributed by atoms with Gasteiger partial charge in [0.2, 0.25) is 0 Å². The van der Waals surface area contributed by atoms with E-state index in [4.69, 9.17) is 0 Å². The van der Waals surface area contributed by atoms with Crippen molar-refractivity contribution in [2.45, 2.75) is 6.92 Å². The van der Waals surface area contributed by atoms with Gasteiger partial charge in [-0.05, 0) is 42.1 Å². The molecule has 3 rings (SSSR count). The van der Waals surface area contributed by atoms with Gasteiger partial charge in [0.15, 0.2) is 0 Å². The number of H-pyrrole nitrogens is 1. The molecule has 0 unspecified atom stereocenters. The van der Waals surface area contributed by atoms with E-state index < -0.39 is 0 Å². The van der Waals surface area contributed by atoms with E-state index in [1.54, 1.807) is 18.3 Å². The summed E-state index contributed by atoms with van der Waals surface area (Å²) >= 11 is 0. The van der Waals surface area contributed by atoms with E-state index in [9.17, 15) is 4.79 Å². The molecule has 0 aliphatic carbocycles. The molecule has 1 amide bonds. The van der Waals surface area contributed by atoms with Crippen molar-refractivity contribution in [2.24, 2.45) is 0 Å². The monoisotopic (exact) mass is 251 g/mol. The van der Waals surface area contributed by atoms with Crippen molar-refractivity contribution >= 4 is 22.6 Å². The summed E-state index contributed by atoms with van der Waals surface area (Å²) in [5.74, 6) is 0.398. The number of benzene rings is 1. The SMILES string of the molecule is Cc1ccc(NC(=O)c2ccc3cc[nH]c3c2)nc1. The molecule has 19 heavy (non-hydrogen) atoms. The fraction of sp³-hybridized carbons (Fsp3) is 0.0667. The van der Waals surface area contributed by atoms with E-state index >= 15 is 0 Å². The minimum Gasteiger partial charge on any atom is -0.361 e. The molecule has 0 spiro atoms. The van der Waals surface area contributed by atoms with Crippen LogP contribution in [0, 0.1) is 6.92 Å². The van der Waals surface area contributed by atoms with Gasteiger partial charge in [-0.3, -0.25) is 4.79 Å². The molecule has 4 heteroatoms. The predicted molar refractivity (Wildman–Crippen MR) is 75.2 cm³/mol. The highest BCUT2D eigenvalue weighted by molar-refractivity contribution is 6.05. The molecule has 0 bridgehead atoms. The number of nitrogens with one attached hydrogen (secondary N) is 2. The number of carbonyl (C=O) groups excluding carboxylic acids is 1. The lowest BCUT2D eigenvalue weighted by Gasteiger charge is -2.04. The minimum absolute atomic E-state index is 0.159. The van der Waals surface area contributed by atoms with Crippen LogP contribution in [0.4, 0.5) is 5.82 Å².